The summed E-state index contributed by atoms with van der Waals surface area (Å²) in [5, 5.41) is 26.2. The van der Waals surface area contributed by atoms with Crippen LogP contribution in [0.1, 0.15) is 108 Å². The molecule has 106 heavy (non-hydrogen) atoms. The smallest absolute Gasteiger partial charge is 0.326 e. The predicted molar refractivity (Wildman–Crippen MR) is 405 cm³/mol. The molecule has 4 rings (SSSR count). The molecule has 1 aliphatic rings. The summed E-state index contributed by atoms with van der Waals surface area (Å²) in [4.78, 5) is 154. The third-order valence-electron chi connectivity index (χ3n) is 18.0. The van der Waals surface area contributed by atoms with E-state index in [0.717, 1.165) is 24.8 Å². The van der Waals surface area contributed by atoms with E-state index in [4.69, 9.17) is 32.2 Å². The summed E-state index contributed by atoms with van der Waals surface area (Å²) in [5.74, 6) is -6.51. The van der Waals surface area contributed by atoms with Crippen LogP contribution >= 0.6 is 11.8 Å². The second kappa shape index (κ2) is 48.6. The minimum atomic E-state index is -4.08. The van der Waals surface area contributed by atoms with Gasteiger partial charge in [-0.15, -0.1) is 0 Å². The van der Waals surface area contributed by atoms with Crippen molar-refractivity contribution >= 4 is 90.9 Å². The molecular weight excluding hydrogens is 1430 g/mol. The summed E-state index contributed by atoms with van der Waals surface area (Å²) in [6.45, 7) is 0.442. The number of nitrogens with one attached hydrogen (secondary N) is 2. The van der Waals surface area contributed by atoms with Crippen molar-refractivity contribution in [2.75, 3.05) is 157 Å². The van der Waals surface area contributed by atoms with Gasteiger partial charge in [0.2, 0.25) is 73.2 Å². The maximum Gasteiger partial charge on any atom is 0.326 e. The van der Waals surface area contributed by atoms with Crippen molar-refractivity contribution in [3.8, 4) is 0 Å². The lowest BCUT2D eigenvalue weighted by Crippen LogP contribution is -2.55. The largest absolute Gasteiger partial charge is 0.480 e. The standard InChI is InChI=1S/C72H115N15O16S3/c1-55(2)46-86(69(94)51-83(40-30-57-21-25-60(26-22-57)105(76,99)100)64(89)45-78-36-29-56-17-7-5-8-18-56)52-68(93)85(42-43-103-3)53-71(96)87(59-19-9-6-10-20-59)54-70(95)82(39-16-13-35-75)49-67(92)84(41-31-58-23-27-61(28-24-58)106(77,101)102)50-66(91)81(38-15-12-34-74)48-65(90)80(37-14-11-33-73)47-63(88)79-62(72(97)98)32-44-104-4/h5,7-8,17-18,21-28,55,59,62,78H,6,9-16,19-20,29-54,73-75H2,1-4H3,(H,79,88)(H,97,98)(H2,76,99,100)(H2,77,101,102). The zero-order valence-corrected chi connectivity index (χ0v) is 64.6. The van der Waals surface area contributed by atoms with Crippen LogP contribution in [0.4, 0.5) is 0 Å². The van der Waals surface area contributed by atoms with E-state index in [2.05, 4.69) is 10.6 Å². The quantitative estimate of drug-likeness (QED) is 0.0355. The first-order valence-corrected chi connectivity index (χ1v) is 40.8. The van der Waals surface area contributed by atoms with Crippen molar-refractivity contribution in [2.24, 2.45) is 33.4 Å². The third-order valence-corrected chi connectivity index (χ3v) is 20.5. The Labute approximate surface area is 629 Å². The van der Waals surface area contributed by atoms with E-state index < -0.39 is 144 Å². The van der Waals surface area contributed by atoms with E-state index in [9.17, 15) is 55.5 Å². The number of sulfonamides is 2. The minimum Gasteiger partial charge on any atom is -0.480 e. The normalized spacial score (nSPS) is 12.8. The molecule has 31 nitrogen and oxygen atoms in total. The molecule has 13 N–H and O–H groups in total. The molecule has 1 saturated carbocycles. The van der Waals surface area contributed by atoms with Gasteiger partial charge in [-0.1, -0.05) is 87.7 Å². The summed E-state index contributed by atoms with van der Waals surface area (Å²) in [6, 6.07) is 19.5. The number of unbranched alkanes of at least 4 members (excludes halogenated alkanes) is 3. The number of aliphatic carboxylic acids is 1. The van der Waals surface area contributed by atoms with E-state index in [1.54, 1.807) is 18.4 Å². The first-order valence-electron chi connectivity index (χ1n) is 36.3. The zero-order valence-electron chi connectivity index (χ0n) is 62.2. The number of rotatable bonds is 52. The van der Waals surface area contributed by atoms with E-state index in [1.807, 2.05) is 44.2 Å². The summed E-state index contributed by atoms with van der Waals surface area (Å²) in [7, 11) is -6.63. The number of amides is 9. The number of benzene rings is 3. The first kappa shape index (κ1) is 90.7. The van der Waals surface area contributed by atoms with Crippen molar-refractivity contribution in [1.29, 1.82) is 0 Å². The van der Waals surface area contributed by atoms with Crippen LogP contribution in [0.15, 0.2) is 88.7 Å². The van der Waals surface area contributed by atoms with E-state index in [0.29, 0.717) is 81.2 Å². The molecule has 0 aromatic heterocycles. The first-order chi connectivity index (χ1) is 50.5. The van der Waals surface area contributed by atoms with Crippen LogP contribution in [0.2, 0.25) is 0 Å². The number of carbonyl (C=O) groups is 10. The number of methoxy groups -OCH3 is 1. The molecule has 0 spiro atoms. The number of carboxylic acids is 1. The Morgan fingerprint density at radius 3 is 1.35 bits per heavy atom. The van der Waals surface area contributed by atoms with Crippen LogP contribution in [-0.2, 0) is 92.0 Å². The second-order valence-electron chi connectivity index (χ2n) is 26.9. The minimum absolute atomic E-state index is 0.00199. The predicted octanol–water partition coefficient (Wildman–Crippen LogP) is 0.402. The molecule has 34 heteroatoms. The highest BCUT2D eigenvalue weighted by Crippen LogP contribution is 2.24. The highest BCUT2D eigenvalue weighted by atomic mass is 32.2. The topological polar surface area (TPSA) is 449 Å². The molecule has 0 radical (unpaired) electrons. The van der Waals surface area contributed by atoms with Gasteiger partial charge < -0.3 is 76.9 Å². The molecule has 0 aliphatic heterocycles. The molecule has 0 bridgehead atoms. The van der Waals surface area contributed by atoms with Crippen molar-refractivity contribution in [2.45, 2.75) is 132 Å². The lowest BCUT2D eigenvalue weighted by atomic mass is 9.94. The van der Waals surface area contributed by atoms with Gasteiger partial charge in [0.1, 0.15) is 12.6 Å². The van der Waals surface area contributed by atoms with Gasteiger partial charge >= 0.3 is 5.97 Å². The summed E-state index contributed by atoms with van der Waals surface area (Å²) >= 11 is 1.40. The number of hydrogen-bond donors (Lipinski definition) is 8. The van der Waals surface area contributed by atoms with Crippen LogP contribution in [-0.4, -0.2) is 289 Å². The number of nitrogens with two attached hydrogens (primary N) is 5. The molecule has 0 saturated heterocycles. The number of nitrogens with zero attached hydrogens (tertiary/aromatic N) is 8. The van der Waals surface area contributed by atoms with Crippen LogP contribution in [0.25, 0.3) is 0 Å². The van der Waals surface area contributed by atoms with Crippen LogP contribution in [0, 0.1) is 5.92 Å². The molecular formula is C72H115N15O16S3. The number of ether oxygens (including phenoxy) is 1. The SMILES string of the molecule is COCCN(CC(=O)N(CC(=O)N(CCCCN)CC(=O)N(CCc1ccc(S(N)(=O)=O)cc1)CC(=O)N(CCCCN)CC(=O)N(CCCCN)CC(=O)NC(CCSC)C(=O)O)C1CCCCC1)C(=O)CN(CC(C)C)C(=O)CN(CCc1ccc(S(N)(=O)=O)cc1)C(=O)CNCCc1ccccc1. The Bertz CT molecular complexity index is 3490. The Morgan fingerprint density at radius 2 is 0.915 bits per heavy atom. The Hall–Kier alpha value is -7.67. The highest BCUT2D eigenvalue weighted by Gasteiger charge is 2.35. The monoisotopic (exact) mass is 1540 g/mol. The summed E-state index contributed by atoms with van der Waals surface area (Å²) in [5.41, 5.74) is 19.9. The number of primary sulfonamides is 2. The average Bonchev–Trinajstić information content (AvgIpc) is 0.803. The van der Waals surface area contributed by atoms with E-state index >= 15 is 14.4 Å². The van der Waals surface area contributed by atoms with Gasteiger partial charge in [-0.2, -0.15) is 11.8 Å². The maximum atomic E-state index is 15.2. The van der Waals surface area contributed by atoms with Crippen molar-refractivity contribution in [3.63, 3.8) is 0 Å². The molecule has 1 aliphatic carbocycles. The Kier molecular flexibility index (Phi) is 41.6. The van der Waals surface area contributed by atoms with Crippen molar-refractivity contribution < 1.29 is 74.6 Å². The average molecular weight is 1540 g/mol. The lowest BCUT2D eigenvalue weighted by molar-refractivity contribution is -0.150. The molecule has 0 heterocycles. The number of carboxylic acid groups (broad SMARTS) is 1. The highest BCUT2D eigenvalue weighted by molar-refractivity contribution is 7.98. The summed E-state index contributed by atoms with van der Waals surface area (Å²) < 4.78 is 53.9. The fourth-order valence-corrected chi connectivity index (χ4v) is 13.4. The Morgan fingerprint density at radius 1 is 0.509 bits per heavy atom. The van der Waals surface area contributed by atoms with Crippen LogP contribution < -0.4 is 38.1 Å². The number of thioether (sulfide) groups is 1. The zero-order chi connectivity index (χ0) is 78.2. The molecule has 592 valence electrons. The molecule has 9 amide bonds. The molecule has 1 fully saturated rings. The molecule has 1 unspecified atom stereocenters. The number of hydrogen-bond acceptors (Lipinski definition) is 20. The Balaban J connectivity index is 1.67. The van der Waals surface area contributed by atoms with Gasteiger partial charge in [0.15, 0.2) is 0 Å². The number of carbonyl (C=O) groups excluding carboxylic acids is 9. The molecule has 3 aromatic carbocycles. The van der Waals surface area contributed by atoms with Gasteiger partial charge in [-0.05, 0) is 162 Å². The van der Waals surface area contributed by atoms with E-state index in [-0.39, 0.29) is 114 Å². The fourth-order valence-electron chi connectivity index (χ4n) is 11.9. The lowest BCUT2D eigenvalue weighted by Gasteiger charge is -2.37. The van der Waals surface area contributed by atoms with E-state index in [1.165, 1.54) is 94.5 Å². The van der Waals surface area contributed by atoms with Gasteiger partial charge in [0.05, 0.1) is 68.8 Å². The fraction of sp³-hybridized carbons (Fsp3) is 0.611. The van der Waals surface area contributed by atoms with Crippen LogP contribution in [0.5, 0.6) is 0 Å². The summed E-state index contributed by atoms with van der Waals surface area (Å²) in [6.07, 6.45) is 8.62. The van der Waals surface area contributed by atoms with Gasteiger partial charge in [0, 0.05) is 59.0 Å². The molecule has 1 atom stereocenters. The molecule has 3 aromatic rings. The van der Waals surface area contributed by atoms with Crippen molar-refractivity contribution in [3.05, 3.63) is 95.6 Å². The van der Waals surface area contributed by atoms with Crippen molar-refractivity contribution in [1.82, 2.24) is 49.8 Å². The second-order valence-corrected chi connectivity index (χ2v) is 31.0. The third kappa shape index (κ3) is 34.1. The van der Waals surface area contributed by atoms with Crippen LogP contribution in [0.3, 0.4) is 0 Å². The van der Waals surface area contributed by atoms with Gasteiger partial charge in [-0.25, -0.2) is 31.9 Å². The van der Waals surface area contributed by atoms with Gasteiger partial charge in [-0.3, -0.25) is 43.2 Å². The maximum absolute atomic E-state index is 15.2. The van der Waals surface area contributed by atoms with Gasteiger partial charge in [0.25, 0.3) is 0 Å².